The van der Waals surface area contributed by atoms with E-state index in [9.17, 15) is 0 Å². The number of halogens is 2. The molecule has 1 saturated carbocycles. The zero-order chi connectivity index (χ0) is 32.5. The van der Waals surface area contributed by atoms with Crippen LogP contribution in [0.25, 0.3) is 11.1 Å². The molecule has 0 bridgehead atoms. The Labute approximate surface area is 306 Å². The van der Waals surface area contributed by atoms with E-state index >= 15 is 0 Å². The molecule has 1 atom stereocenters. The SMILES string of the molecule is C/[C](c1ccccc1)=[Zr+2](/[C]1=CC(C2(C)CCCCC2)=CC1C)[CH]1c2cc(C)c(C(C)(C)C)cc2-c2cc(C(C)(C)C)c(C)cc21.[Cl-].[Cl-]. The molecule has 0 spiro atoms. The fourth-order valence-electron chi connectivity index (χ4n) is 8.97. The fourth-order valence-corrected chi connectivity index (χ4v) is 18.0. The van der Waals surface area contributed by atoms with Crippen molar-refractivity contribution in [3.8, 4) is 11.1 Å². The summed E-state index contributed by atoms with van der Waals surface area (Å²) in [6.07, 6.45) is 12.3. The number of benzene rings is 3. The first-order chi connectivity index (χ1) is 21.1. The molecule has 47 heavy (non-hydrogen) atoms. The van der Waals surface area contributed by atoms with Gasteiger partial charge in [0.25, 0.3) is 0 Å². The van der Waals surface area contributed by atoms with Crippen LogP contribution in [0.3, 0.4) is 0 Å². The summed E-state index contributed by atoms with van der Waals surface area (Å²) in [6, 6.07) is 21.9. The van der Waals surface area contributed by atoms with E-state index in [4.69, 9.17) is 0 Å². The van der Waals surface area contributed by atoms with E-state index in [1.807, 2.05) is 0 Å². The molecule has 6 rings (SSSR count). The Morgan fingerprint density at radius 1 is 0.745 bits per heavy atom. The van der Waals surface area contributed by atoms with E-state index in [2.05, 4.69) is 143 Å². The molecule has 0 aliphatic heterocycles. The van der Waals surface area contributed by atoms with Crippen LogP contribution in [0.4, 0.5) is 0 Å². The second-order valence-corrected chi connectivity index (χ2v) is 23.7. The minimum absolute atomic E-state index is 0. The van der Waals surface area contributed by atoms with E-state index in [1.165, 1.54) is 71.0 Å². The summed E-state index contributed by atoms with van der Waals surface area (Å²) in [7, 11) is 0. The average Bonchev–Trinajstić information content (AvgIpc) is 3.50. The standard InChI is InChI=1S/C23H29.C13H19.C8H8.2ClH.Zr/c1-14-9-16-11-17-10-15(2)21(23(6,7)8)13-19(17)18(16)12-20(14)22(3,4)5;1-11-6-7-12(10-11)13(2)8-4-3-5-9-13;1-2-8-6-4-3-5-7-8;;;/h9-13H,1-8H3;7,10-11H,3-5,8-9H2,1-2H3;3-7H,1H3;2*1H;/q;;;;;+2/p-2. The van der Waals surface area contributed by atoms with Crippen molar-refractivity contribution in [1.82, 2.24) is 0 Å². The minimum Gasteiger partial charge on any atom is -1.00 e. The molecule has 3 aromatic carbocycles. The van der Waals surface area contributed by atoms with Crippen LogP contribution in [0.1, 0.15) is 137 Å². The van der Waals surface area contributed by atoms with E-state index in [1.54, 1.807) is 23.2 Å². The molecule has 0 nitrogen and oxygen atoms in total. The van der Waals surface area contributed by atoms with E-state index < -0.39 is 21.3 Å². The van der Waals surface area contributed by atoms with Gasteiger partial charge >= 0.3 is 284 Å². The summed E-state index contributed by atoms with van der Waals surface area (Å²) >= 11 is -2.59. The summed E-state index contributed by atoms with van der Waals surface area (Å²) in [4.78, 5) is 0. The van der Waals surface area contributed by atoms with E-state index in [-0.39, 0.29) is 35.6 Å². The van der Waals surface area contributed by atoms with Crippen molar-refractivity contribution in [2.45, 2.75) is 123 Å². The second-order valence-electron chi connectivity index (χ2n) is 17.0. The average molecular weight is 747 g/mol. The summed E-state index contributed by atoms with van der Waals surface area (Å²) in [5, 5.41) is 0. The summed E-state index contributed by atoms with van der Waals surface area (Å²) in [6.45, 7) is 26.6. The van der Waals surface area contributed by atoms with Gasteiger partial charge in [-0.25, -0.2) is 0 Å². The van der Waals surface area contributed by atoms with Crippen LogP contribution < -0.4 is 24.8 Å². The molecule has 250 valence electrons. The third-order valence-electron chi connectivity index (χ3n) is 11.4. The zero-order valence-corrected chi connectivity index (χ0v) is 34.8. The molecule has 0 N–H and O–H groups in total. The Kier molecular flexibility index (Phi) is 11.4. The van der Waals surface area contributed by atoms with Gasteiger partial charge in [-0.05, 0) is 0 Å². The van der Waals surface area contributed by atoms with Gasteiger partial charge in [0.2, 0.25) is 0 Å². The van der Waals surface area contributed by atoms with Crippen molar-refractivity contribution in [1.29, 1.82) is 0 Å². The quantitative estimate of drug-likeness (QED) is 0.296. The van der Waals surface area contributed by atoms with Crippen molar-refractivity contribution in [3.63, 3.8) is 0 Å². The number of rotatable bonds is 4. The van der Waals surface area contributed by atoms with Gasteiger partial charge in [0.05, 0.1) is 0 Å². The van der Waals surface area contributed by atoms with Crippen LogP contribution in [-0.4, -0.2) is 3.21 Å². The van der Waals surface area contributed by atoms with Gasteiger partial charge in [-0.1, -0.05) is 0 Å². The van der Waals surface area contributed by atoms with Gasteiger partial charge < -0.3 is 24.8 Å². The molecule has 3 aliphatic carbocycles. The number of hydrogen-bond acceptors (Lipinski definition) is 0. The fraction of sp³-hybridized carbons (Fsp3) is 0.477. The number of fused-ring (bicyclic) bond motifs is 3. The summed E-state index contributed by atoms with van der Waals surface area (Å²) in [5.74, 6) is 0.518. The van der Waals surface area contributed by atoms with Crippen LogP contribution in [0.5, 0.6) is 0 Å². The van der Waals surface area contributed by atoms with Gasteiger partial charge in [-0.3, -0.25) is 0 Å². The maximum atomic E-state index is 2.77. The van der Waals surface area contributed by atoms with Crippen LogP contribution in [0.2, 0.25) is 0 Å². The summed E-state index contributed by atoms with van der Waals surface area (Å²) < 4.78 is 3.98. The maximum Gasteiger partial charge on any atom is -1.00 e. The Morgan fingerprint density at radius 2 is 1.23 bits per heavy atom. The normalized spacial score (nSPS) is 19.1. The number of allylic oxidation sites excluding steroid dienone is 4. The van der Waals surface area contributed by atoms with Crippen molar-refractivity contribution in [2.24, 2.45) is 11.3 Å². The van der Waals surface area contributed by atoms with Gasteiger partial charge in [0.15, 0.2) is 0 Å². The molecule has 0 aromatic heterocycles. The number of hydrogen-bond donors (Lipinski definition) is 0. The van der Waals surface area contributed by atoms with Gasteiger partial charge in [-0.15, -0.1) is 0 Å². The van der Waals surface area contributed by atoms with E-state index in [0.29, 0.717) is 15.0 Å². The molecular formula is C44H56Cl2Zr. The van der Waals surface area contributed by atoms with Crippen LogP contribution in [0, 0.1) is 25.2 Å². The van der Waals surface area contributed by atoms with Gasteiger partial charge in [0.1, 0.15) is 0 Å². The number of aryl methyl sites for hydroxylation is 2. The van der Waals surface area contributed by atoms with Crippen molar-refractivity contribution >= 4 is 3.21 Å². The van der Waals surface area contributed by atoms with E-state index in [0.717, 1.165) is 0 Å². The zero-order valence-electron chi connectivity index (χ0n) is 30.8. The molecule has 1 fully saturated rings. The largest absolute Gasteiger partial charge is 1.00 e. The third kappa shape index (κ3) is 7.08. The topological polar surface area (TPSA) is 0 Å². The van der Waals surface area contributed by atoms with Crippen molar-refractivity contribution in [2.75, 3.05) is 0 Å². The Hall–Kier alpha value is -1.53. The molecule has 3 heteroatoms. The van der Waals surface area contributed by atoms with Crippen molar-refractivity contribution < 1.29 is 46.1 Å². The van der Waals surface area contributed by atoms with Crippen molar-refractivity contribution in [3.05, 3.63) is 115 Å². The molecule has 0 amide bonds. The first-order valence-corrected chi connectivity index (χ1v) is 21.5. The minimum atomic E-state index is -2.59. The monoisotopic (exact) mass is 744 g/mol. The molecule has 3 aliphatic rings. The predicted molar refractivity (Wildman–Crippen MR) is 193 cm³/mol. The Bertz CT molecular complexity index is 1660. The van der Waals surface area contributed by atoms with Gasteiger partial charge in [0, 0.05) is 0 Å². The third-order valence-corrected chi connectivity index (χ3v) is 20.1. The first-order valence-electron chi connectivity index (χ1n) is 17.6. The predicted octanol–water partition coefficient (Wildman–Crippen LogP) is 6.27. The van der Waals surface area contributed by atoms with Crippen LogP contribution in [0.15, 0.2) is 75.6 Å². The Morgan fingerprint density at radius 3 is 1.70 bits per heavy atom. The molecule has 0 radical (unpaired) electrons. The van der Waals surface area contributed by atoms with Gasteiger partial charge in [-0.2, -0.15) is 0 Å². The molecule has 1 unspecified atom stereocenters. The molecule has 0 heterocycles. The van der Waals surface area contributed by atoms with Crippen LogP contribution >= 0.6 is 0 Å². The molecular weight excluding hydrogens is 691 g/mol. The maximum absolute atomic E-state index is 2.77. The molecule has 3 aromatic rings. The first kappa shape index (κ1) is 38.3. The smallest absolute Gasteiger partial charge is 1.00 e. The Balaban J connectivity index is 0.00000250. The second kappa shape index (κ2) is 14.0. The molecule has 0 saturated heterocycles. The summed E-state index contributed by atoms with van der Waals surface area (Å²) in [5.41, 5.74) is 15.8. The van der Waals surface area contributed by atoms with Crippen LogP contribution in [-0.2, 0) is 32.1 Å².